The van der Waals surface area contributed by atoms with E-state index in [2.05, 4.69) is 30.9 Å². The van der Waals surface area contributed by atoms with Crippen molar-refractivity contribution in [3.8, 4) is 0 Å². The molecule has 3 heterocycles. The van der Waals surface area contributed by atoms with Gasteiger partial charge in [0.1, 0.15) is 24.7 Å². The van der Waals surface area contributed by atoms with Crippen molar-refractivity contribution in [1.82, 2.24) is 4.90 Å². The van der Waals surface area contributed by atoms with Gasteiger partial charge in [0.2, 0.25) is 0 Å². The van der Waals surface area contributed by atoms with Gasteiger partial charge in [0.25, 0.3) is 0 Å². The predicted molar refractivity (Wildman–Crippen MR) is 74.6 cm³/mol. The second kappa shape index (κ2) is 4.90. The van der Waals surface area contributed by atoms with E-state index in [1.807, 2.05) is 0 Å². The lowest BCUT2D eigenvalue weighted by atomic mass is 10.1. The molecule has 0 aliphatic carbocycles. The molecule has 5 N–H and O–H groups in total. The number of alkyl halides is 1. The van der Waals surface area contributed by atoms with Gasteiger partial charge in [-0.3, -0.25) is 10.3 Å². The summed E-state index contributed by atoms with van der Waals surface area (Å²) in [4.78, 5) is 12.5. The number of ether oxygens (including phenoxy) is 1. The molecule has 114 valence electrons. The summed E-state index contributed by atoms with van der Waals surface area (Å²) in [5.74, 6) is -0.128. The van der Waals surface area contributed by atoms with Gasteiger partial charge in [-0.15, -0.1) is 0 Å². The molecule has 0 bridgehead atoms. The van der Waals surface area contributed by atoms with Crippen molar-refractivity contribution in [2.45, 2.75) is 29.3 Å². The summed E-state index contributed by atoms with van der Waals surface area (Å²) in [6, 6.07) is 0. The van der Waals surface area contributed by atoms with E-state index in [4.69, 9.17) is 15.3 Å². The summed E-state index contributed by atoms with van der Waals surface area (Å²) in [6.07, 6.45) is -3.84. The van der Waals surface area contributed by atoms with E-state index in [0.29, 0.717) is 0 Å². The van der Waals surface area contributed by atoms with Crippen LogP contribution in [0.2, 0.25) is 0 Å². The molecular weight excluding hydrogens is 350 g/mol. The summed E-state index contributed by atoms with van der Waals surface area (Å²) < 4.78 is 3.35. The van der Waals surface area contributed by atoms with Gasteiger partial charge < -0.3 is 25.2 Å². The lowest BCUT2D eigenvalue weighted by molar-refractivity contribution is -0.123. The first-order valence-corrected chi connectivity index (χ1v) is 6.78. The molecule has 3 rings (SSSR count). The number of rotatable bonds is 2. The maximum Gasteiger partial charge on any atom is 0.300 e. The van der Waals surface area contributed by atoms with Gasteiger partial charge in [-0.25, -0.2) is 15.0 Å². The van der Waals surface area contributed by atoms with Gasteiger partial charge in [-0.05, 0) is 0 Å². The highest BCUT2D eigenvalue weighted by Crippen LogP contribution is 2.36. The topological polar surface area (TPSA) is 154 Å². The van der Waals surface area contributed by atoms with Crippen molar-refractivity contribution in [3.05, 3.63) is 0 Å². The molecule has 3 aliphatic rings. The van der Waals surface area contributed by atoms with Crippen LogP contribution in [0.5, 0.6) is 0 Å². The zero-order valence-corrected chi connectivity index (χ0v) is 12.0. The monoisotopic (exact) mass is 361 g/mol. The van der Waals surface area contributed by atoms with Crippen LogP contribution in [0.25, 0.3) is 0 Å². The first-order valence-electron chi connectivity index (χ1n) is 5.99. The van der Waals surface area contributed by atoms with Crippen LogP contribution < -0.4 is 0 Å². The summed E-state index contributed by atoms with van der Waals surface area (Å²) >= 11 is 2.95. The van der Waals surface area contributed by atoms with Crippen LogP contribution in [0.1, 0.15) is 0 Å². The van der Waals surface area contributed by atoms with Gasteiger partial charge >= 0.3 is 4.76 Å². The molecule has 5 atom stereocenters. The number of amidine groups is 2. The molecule has 21 heavy (non-hydrogen) atoms. The summed E-state index contributed by atoms with van der Waals surface area (Å²) in [6.45, 7) is -0.499. The van der Waals surface area contributed by atoms with Crippen molar-refractivity contribution in [2.24, 2.45) is 15.0 Å². The minimum Gasteiger partial charge on any atom is -0.394 e. The maximum atomic E-state index is 10.3. The third kappa shape index (κ3) is 2.13. The normalized spacial score (nSPS) is 42.1. The molecule has 3 aliphatic heterocycles. The molecule has 1 saturated heterocycles. The fourth-order valence-electron chi connectivity index (χ4n) is 2.36. The second-order valence-corrected chi connectivity index (χ2v) is 5.72. The Morgan fingerprint density at radius 1 is 1.43 bits per heavy atom. The number of fused-ring (bicyclic) bond motifs is 1. The van der Waals surface area contributed by atoms with Gasteiger partial charge in [0, 0.05) is 15.9 Å². The number of aliphatic imine (C=N–C) groups is 3. The van der Waals surface area contributed by atoms with E-state index in [9.17, 15) is 15.3 Å². The minimum atomic E-state index is -2.00. The third-order valence-corrected chi connectivity index (χ3v) is 3.92. The summed E-state index contributed by atoms with van der Waals surface area (Å²) in [7, 11) is 0. The van der Waals surface area contributed by atoms with Crippen molar-refractivity contribution in [2.75, 3.05) is 6.61 Å². The molecule has 0 aromatic carbocycles. The number of aliphatic hydroxyl groups excluding tert-OH is 3. The molecule has 1 unspecified atom stereocenters. The van der Waals surface area contributed by atoms with E-state index in [1.165, 1.54) is 0 Å². The molecule has 1 fully saturated rings. The van der Waals surface area contributed by atoms with Crippen molar-refractivity contribution < 1.29 is 25.2 Å². The first-order chi connectivity index (χ1) is 9.86. The van der Waals surface area contributed by atoms with Crippen molar-refractivity contribution in [1.29, 1.82) is 5.41 Å². The smallest absolute Gasteiger partial charge is 0.300 e. The van der Waals surface area contributed by atoms with Gasteiger partial charge in [0.05, 0.1) is 6.61 Å². The van der Waals surface area contributed by atoms with Crippen LogP contribution in [0, 0.1) is 5.41 Å². The van der Waals surface area contributed by atoms with Crippen molar-refractivity contribution in [3.63, 3.8) is 0 Å². The fraction of sp³-hybridized carbons (Fsp3) is 0.600. The molecular formula is C10H12BrN5O5. The van der Waals surface area contributed by atoms with Gasteiger partial charge in [-0.2, -0.15) is 0 Å². The Kier molecular flexibility index (Phi) is 3.43. The summed E-state index contributed by atoms with van der Waals surface area (Å²) in [5.41, 5.74) is 0.0228. The SMILES string of the molecule is N=C1N=CN=C2C1=NC(O)(Br)N2[C@@H]1O[C@H](CO)[C@@H](O)[C@H]1O. The molecule has 0 amide bonds. The van der Waals surface area contributed by atoms with Crippen LogP contribution in [-0.2, 0) is 4.74 Å². The Balaban J connectivity index is 1.97. The molecule has 0 radical (unpaired) electrons. The zero-order valence-electron chi connectivity index (χ0n) is 10.5. The first kappa shape index (κ1) is 14.7. The third-order valence-electron chi connectivity index (χ3n) is 3.36. The average molecular weight is 362 g/mol. The summed E-state index contributed by atoms with van der Waals surface area (Å²) in [5, 5.41) is 46.9. The number of nitrogens with zero attached hydrogens (tertiary/aromatic N) is 4. The molecule has 0 aromatic heterocycles. The van der Waals surface area contributed by atoms with Crippen LogP contribution in [0.15, 0.2) is 15.0 Å². The average Bonchev–Trinajstić information content (AvgIpc) is 2.86. The number of nitrogens with one attached hydrogen (secondary N) is 1. The van der Waals surface area contributed by atoms with Crippen molar-refractivity contribution >= 4 is 39.7 Å². The standard InChI is InChI=1S/C10H12BrN5O5/c11-10(20)15-4-7(12)13-2-14-8(4)16(10)9-6(19)5(18)3(1-17)21-9/h2-3,5-6,9,12,17-20H,1H2/t3-,5-,6-,9-,10?/m1/s1. The Hall–Kier alpha value is -1.24. The van der Waals surface area contributed by atoms with Crippen LogP contribution in [-0.4, -0.2) is 85.0 Å². The van der Waals surface area contributed by atoms with Crippen LogP contribution >= 0.6 is 15.9 Å². The highest BCUT2D eigenvalue weighted by molar-refractivity contribution is 9.10. The van der Waals surface area contributed by atoms with E-state index in [-0.39, 0.29) is 17.4 Å². The lowest BCUT2D eigenvalue weighted by Crippen LogP contribution is -2.54. The van der Waals surface area contributed by atoms with E-state index < -0.39 is 35.9 Å². The Bertz CT molecular complexity index is 576. The highest BCUT2D eigenvalue weighted by atomic mass is 79.9. The van der Waals surface area contributed by atoms with Crippen LogP contribution in [0.3, 0.4) is 0 Å². The van der Waals surface area contributed by atoms with Crippen LogP contribution in [0.4, 0.5) is 0 Å². The van der Waals surface area contributed by atoms with E-state index in [1.54, 1.807) is 0 Å². The quantitative estimate of drug-likeness (QED) is 0.273. The minimum absolute atomic E-state index is 0.0228. The van der Waals surface area contributed by atoms with E-state index in [0.717, 1.165) is 11.2 Å². The van der Waals surface area contributed by atoms with Gasteiger partial charge in [-0.1, -0.05) is 0 Å². The molecule has 10 nitrogen and oxygen atoms in total. The lowest BCUT2D eigenvalue weighted by Gasteiger charge is -2.34. The number of hydrogen-bond donors (Lipinski definition) is 5. The number of halogens is 1. The zero-order chi connectivity index (χ0) is 15.4. The number of hydrogen-bond acceptors (Lipinski definition) is 9. The Morgan fingerprint density at radius 2 is 2.14 bits per heavy atom. The molecule has 0 aromatic rings. The largest absolute Gasteiger partial charge is 0.394 e. The number of aliphatic hydroxyl groups is 4. The fourth-order valence-corrected chi connectivity index (χ4v) is 2.90. The predicted octanol–water partition coefficient (Wildman–Crippen LogP) is -2.40. The molecule has 0 saturated carbocycles. The Labute approximate surface area is 126 Å². The Morgan fingerprint density at radius 3 is 2.76 bits per heavy atom. The second-order valence-electron chi connectivity index (χ2n) is 4.66. The molecule has 0 spiro atoms. The maximum absolute atomic E-state index is 10.3. The van der Waals surface area contributed by atoms with Gasteiger partial charge in [0.15, 0.2) is 23.6 Å². The highest BCUT2D eigenvalue weighted by Gasteiger charge is 2.55. The molecule has 11 heteroatoms. The van der Waals surface area contributed by atoms with E-state index >= 15 is 0 Å².